The Bertz CT molecular complexity index is 2040. The van der Waals surface area contributed by atoms with E-state index in [-0.39, 0.29) is 5.92 Å². The average molecular weight is 629 g/mol. The summed E-state index contributed by atoms with van der Waals surface area (Å²) in [5, 5.41) is 0. The fourth-order valence-electron chi connectivity index (χ4n) is 6.86. The number of carbonyl (C=O) groups is 2. The van der Waals surface area contributed by atoms with E-state index in [0.29, 0.717) is 11.1 Å². The minimum Gasteiger partial charge on any atom is -0.454 e. The molecule has 0 N–H and O–H groups in total. The number of aryl methyl sites for hydroxylation is 1. The lowest BCUT2D eigenvalue weighted by molar-refractivity contribution is -0.0532. The summed E-state index contributed by atoms with van der Waals surface area (Å²) in [4.78, 5) is 27.6. The topological polar surface area (TPSA) is 52.6 Å². The predicted octanol–water partition coefficient (Wildman–Crippen LogP) is 10.0. The fraction of sp³-hybridized carbons (Fsp3) is 0.136. The van der Waals surface area contributed by atoms with Crippen LogP contribution in [0.25, 0.3) is 22.3 Å². The maximum atomic E-state index is 13.9. The maximum Gasteiger partial charge on any atom is 0.338 e. The standard InChI is InChI=1S/C44H36O4/c1-29-23-24-35(31-15-7-3-8-16-31)27-38(29)40-39-28-36(32-17-9-4-10-18-32)25-26-37(39)30(2)41(47-43(45)33-19-11-5-12-20-33)42(40)48-44(46)34-21-13-6-14-22-34/h3-28,30,40-42H,1-2H3. The molecule has 1 aliphatic carbocycles. The Morgan fingerprint density at radius 3 is 1.42 bits per heavy atom. The lowest BCUT2D eigenvalue weighted by Gasteiger charge is -2.43. The lowest BCUT2D eigenvalue weighted by atomic mass is 9.69. The Labute approximate surface area is 281 Å². The maximum absolute atomic E-state index is 13.9. The van der Waals surface area contributed by atoms with Crippen LogP contribution in [0.2, 0.25) is 0 Å². The van der Waals surface area contributed by atoms with E-state index in [0.717, 1.165) is 44.5 Å². The molecular weight excluding hydrogens is 592 g/mol. The summed E-state index contributed by atoms with van der Waals surface area (Å²) < 4.78 is 13.0. The molecule has 0 amide bonds. The molecule has 48 heavy (non-hydrogen) atoms. The molecule has 0 aromatic heterocycles. The molecule has 4 unspecified atom stereocenters. The molecule has 4 atom stereocenters. The molecule has 6 aromatic rings. The molecule has 6 aromatic carbocycles. The normalized spacial score (nSPS) is 18.4. The number of rotatable bonds is 7. The Morgan fingerprint density at radius 1 is 0.458 bits per heavy atom. The highest BCUT2D eigenvalue weighted by molar-refractivity contribution is 5.90. The number of hydrogen-bond acceptors (Lipinski definition) is 4. The van der Waals surface area contributed by atoms with Gasteiger partial charge in [0.15, 0.2) is 6.10 Å². The van der Waals surface area contributed by atoms with Gasteiger partial charge in [0.25, 0.3) is 0 Å². The average Bonchev–Trinajstić information content (AvgIpc) is 3.15. The molecule has 4 nitrogen and oxygen atoms in total. The first-order valence-corrected chi connectivity index (χ1v) is 16.4. The van der Waals surface area contributed by atoms with Crippen LogP contribution in [0.3, 0.4) is 0 Å². The smallest absolute Gasteiger partial charge is 0.338 e. The van der Waals surface area contributed by atoms with Crippen molar-refractivity contribution in [1.82, 2.24) is 0 Å². The van der Waals surface area contributed by atoms with Crippen molar-refractivity contribution >= 4 is 11.9 Å². The largest absolute Gasteiger partial charge is 0.454 e. The van der Waals surface area contributed by atoms with E-state index in [1.54, 1.807) is 24.3 Å². The Hall–Kier alpha value is -5.74. The highest BCUT2D eigenvalue weighted by Gasteiger charge is 2.47. The van der Waals surface area contributed by atoms with Crippen molar-refractivity contribution in [3.8, 4) is 22.3 Å². The van der Waals surface area contributed by atoms with E-state index in [2.05, 4.69) is 74.5 Å². The summed E-state index contributed by atoms with van der Waals surface area (Å²) in [6.45, 7) is 4.14. The third-order valence-corrected chi connectivity index (χ3v) is 9.39. The van der Waals surface area contributed by atoms with Crippen LogP contribution in [0.15, 0.2) is 158 Å². The molecule has 0 saturated carbocycles. The lowest BCUT2D eigenvalue weighted by Crippen LogP contribution is -2.47. The second kappa shape index (κ2) is 13.5. The third kappa shape index (κ3) is 6.17. The van der Waals surface area contributed by atoms with Crippen LogP contribution in [0.1, 0.15) is 61.7 Å². The number of hydrogen-bond donors (Lipinski definition) is 0. The van der Waals surface area contributed by atoms with Crippen LogP contribution < -0.4 is 0 Å². The van der Waals surface area contributed by atoms with Crippen molar-refractivity contribution in [2.75, 3.05) is 0 Å². The second-order valence-electron chi connectivity index (χ2n) is 12.4. The molecule has 7 rings (SSSR count). The summed E-state index contributed by atoms with van der Waals surface area (Å²) >= 11 is 0. The Morgan fingerprint density at radius 2 is 0.896 bits per heavy atom. The van der Waals surface area contributed by atoms with Gasteiger partial charge in [0.1, 0.15) is 6.10 Å². The number of ether oxygens (including phenoxy) is 2. The molecule has 0 heterocycles. The van der Waals surface area contributed by atoms with E-state index in [9.17, 15) is 9.59 Å². The first-order chi connectivity index (χ1) is 23.5. The molecule has 236 valence electrons. The van der Waals surface area contributed by atoms with Gasteiger partial charge in [0, 0.05) is 5.92 Å². The highest BCUT2D eigenvalue weighted by atomic mass is 16.6. The van der Waals surface area contributed by atoms with Gasteiger partial charge in [-0.25, -0.2) is 9.59 Å². The number of benzene rings is 6. The molecule has 0 aliphatic heterocycles. The van der Waals surface area contributed by atoms with Crippen LogP contribution in [0, 0.1) is 6.92 Å². The summed E-state index contributed by atoms with van der Waals surface area (Å²) in [7, 11) is 0. The highest BCUT2D eigenvalue weighted by Crippen LogP contribution is 2.48. The number of fused-ring (bicyclic) bond motifs is 1. The molecule has 0 spiro atoms. The Kier molecular flexibility index (Phi) is 8.72. The summed E-state index contributed by atoms with van der Waals surface area (Å²) in [6.07, 6.45) is -1.58. The summed E-state index contributed by atoms with van der Waals surface area (Å²) in [6, 6.07) is 51.4. The quantitative estimate of drug-likeness (QED) is 0.165. The van der Waals surface area contributed by atoms with Crippen molar-refractivity contribution < 1.29 is 19.1 Å². The zero-order valence-electron chi connectivity index (χ0n) is 27.0. The van der Waals surface area contributed by atoms with Gasteiger partial charge in [-0.15, -0.1) is 0 Å². The predicted molar refractivity (Wildman–Crippen MR) is 190 cm³/mol. The van der Waals surface area contributed by atoms with Crippen molar-refractivity contribution in [3.05, 3.63) is 191 Å². The second-order valence-corrected chi connectivity index (χ2v) is 12.4. The summed E-state index contributed by atoms with van der Waals surface area (Å²) in [5.41, 5.74) is 9.37. The van der Waals surface area contributed by atoms with E-state index < -0.39 is 30.1 Å². The van der Waals surface area contributed by atoms with Gasteiger partial charge < -0.3 is 9.47 Å². The van der Waals surface area contributed by atoms with Crippen molar-refractivity contribution in [2.24, 2.45) is 0 Å². The molecule has 1 aliphatic rings. The Balaban J connectivity index is 1.43. The van der Waals surface area contributed by atoms with E-state index in [1.807, 2.05) is 72.8 Å². The van der Waals surface area contributed by atoms with Gasteiger partial charge in [-0.3, -0.25) is 0 Å². The van der Waals surface area contributed by atoms with Crippen LogP contribution >= 0.6 is 0 Å². The van der Waals surface area contributed by atoms with Gasteiger partial charge in [-0.2, -0.15) is 0 Å². The van der Waals surface area contributed by atoms with Crippen LogP contribution in [0.4, 0.5) is 0 Å². The molecule has 4 heteroatoms. The van der Waals surface area contributed by atoms with Crippen molar-refractivity contribution in [2.45, 2.75) is 37.9 Å². The van der Waals surface area contributed by atoms with Gasteiger partial charge in [0.2, 0.25) is 0 Å². The molecule has 0 fully saturated rings. The van der Waals surface area contributed by atoms with Gasteiger partial charge in [0.05, 0.1) is 17.0 Å². The zero-order valence-corrected chi connectivity index (χ0v) is 27.0. The van der Waals surface area contributed by atoms with Gasteiger partial charge in [-0.05, 0) is 75.7 Å². The monoisotopic (exact) mass is 628 g/mol. The fourth-order valence-corrected chi connectivity index (χ4v) is 6.86. The number of carbonyl (C=O) groups excluding carboxylic acids is 2. The summed E-state index contributed by atoms with van der Waals surface area (Å²) in [5.74, 6) is -1.60. The minimum atomic E-state index is -0.816. The van der Waals surface area contributed by atoms with Gasteiger partial charge in [-0.1, -0.05) is 140 Å². The first kappa shape index (κ1) is 30.9. The van der Waals surface area contributed by atoms with E-state index in [4.69, 9.17) is 9.47 Å². The van der Waals surface area contributed by atoms with Crippen LogP contribution in [0.5, 0.6) is 0 Å². The van der Waals surface area contributed by atoms with E-state index in [1.165, 1.54) is 0 Å². The van der Waals surface area contributed by atoms with Crippen molar-refractivity contribution in [3.63, 3.8) is 0 Å². The zero-order chi connectivity index (χ0) is 33.0. The first-order valence-electron chi connectivity index (χ1n) is 16.4. The van der Waals surface area contributed by atoms with E-state index >= 15 is 0 Å². The molecule has 0 radical (unpaired) electrons. The molecule has 0 bridgehead atoms. The molecule has 0 saturated heterocycles. The van der Waals surface area contributed by atoms with Gasteiger partial charge >= 0.3 is 11.9 Å². The number of esters is 2. The SMILES string of the molecule is Cc1ccc(-c2ccccc2)cc1C1c2cc(-c3ccccc3)ccc2C(C)C(OC(=O)c2ccccc2)C1OC(=O)c1ccccc1. The third-order valence-electron chi connectivity index (χ3n) is 9.39. The van der Waals surface area contributed by atoms with Crippen LogP contribution in [-0.2, 0) is 9.47 Å². The van der Waals surface area contributed by atoms with Crippen molar-refractivity contribution in [1.29, 1.82) is 0 Å². The molecular formula is C44H36O4. The van der Waals surface area contributed by atoms with Crippen LogP contribution in [-0.4, -0.2) is 24.1 Å². The minimum absolute atomic E-state index is 0.264.